The van der Waals surface area contributed by atoms with Crippen molar-refractivity contribution >= 4 is 9.76 Å². The molecule has 0 atom stereocenters. The van der Waals surface area contributed by atoms with Crippen molar-refractivity contribution in [1.82, 2.24) is 0 Å². The molecule has 0 aliphatic rings. The van der Waals surface area contributed by atoms with E-state index in [1.54, 1.807) is 0 Å². The second kappa shape index (κ2) is 6.92. The minimum absolute atomic E-state index is 1.04. The van der Waals surface area contributed by atoms with Crippen LogP contribution in [0.15, 0.2) is 11.8 Å². The Labute approximate surface area is 53.4 Å². The van der Waals surface area contributed by atoms with Gasteiger partial charge in [0.1, 0.15) is 0 Å². The first kappa shape index (κ1) is 7.92. The summed E-state index contributed by atoms with van der Waals surface area (Å²) in [6.45, 7) is 2.16. The summed E-state index contributed by atoms with van der Waals surface area (Å²) >= 11 is 0. The third-order valence-electron chi connectivity index (χ3n) is 0.987. The molecule has 0 bridgehead atoms. The molecular formula is C6H13OSi. The smallest absolute Gasteiger partial charge is 0.230 e. The van der Waals surface area contributed by atoms with Crippen LogP contribution in [-0.2, 0) is 4.80 Å². The van der Waals surface area contributed by atoms with E-state index in [0.717, 1.165) is 6.42 Å². The normalized spacial score (nSPS) is 12.2. The summed E-state index contributed by atoms with van der Waals surface area (Å²) < 4.78 is 0. The van der Waals surface area contributed by atoms with Gasteiger partial charge < -0.3 is 4.80 Å². The average molecular weight is 129 g/mol. The van der Waals surface area contributed by atoms with Crippen LogP contribution in [0.5, 0.6) is 0 Å². The maximum atomic E-state index is 9.95. The Morgan fingerprint density at radius 2 is 2.38 bits per heavy atom. The largest absolute Gasteiger partial charge is 0.301 e. The second-order valence-electron chi connectivity index (χ2n) is 1.78. The minimum atomic E-state index is -1.04. The van der Waals surface area contributed by atoms with Gasteiger partial charge >= 0.3 is 0 Å². The Hall–Kier alpha value is -0.0831. The molecule has 1 nitrogen and oxygen atoms in total. The molecule has 0 spiro atoms. The summed E-state index contributed by atoms with van der Waals surface area (Å²) in [6.07, 6.45) is 5.57. The van der Waals surface area contributed by atoms with E-state index in [1.807, 2.05) is 11.8 Å². The molecule has 0 aliphatic carbocycles. The highest BCUT2D eigenvalue weighted by molar-refractivity contribution is 6.32. The lowest BCUT2D eigenvalue weighted by atomic mass is 10.2. The van der Waals surface area contributed by atoms with Crippen LogP contribution in [0, 0.1) is 0 Å². The molecule has 0 aromatic rings. The summed E-state index contributed by atoms with van der Waals surface area (Å²) in [5.41, 5.74) is 1.82. The zero-order valence-electron chi connectivity index (χ0n) is 5.39. The number of hydrogen-bond donors (Lipinski definition) is 0. The van der Waals surface area contributed by atoms with Crippen LogP contribution >= 0.6 is 0 Å². The van der Waals surface area contributed by atoms with Crippen molar-refractivity contribution in [2.24, 2.45) is 0 Å². The van der Waals surface area contributed by atoms with Gasteiger partial charge in [-0.25, -0.2) is 0 Å². The SMILES string of the molecule is CCCCC=C[SiH2][O]. The van der Waals surface area contributed by atoms with E-state index >= 15 is 0 Å². The highest BCUT2D eigenvalue weighted by Gasteiger charge is 1.76. The molecule has 0 aromatic heterocycles. The van der Waals surface area contributed by atoms with E-state index in [1.165, 1.54) is 12.8 Å². The van der Waals surface area contributed by atoms with Crippen molar-refractivity contribution in [2.75, 3.05) is 0 Å². The van der Waals surface area contributed by atoms with Crippen LogP contribution in [0.2, 0.25) is 0 Å². The Bertz CT molecular complexity index is 61.5. The lowest BCUT2D eigenvalue weighted by Crippen LogP contribution is -1.74. The molecular weight excluding hydrogens is 116 g/mol. The third kappa shape index (κ3) is 5.92. The fraction of sp³-hybridized carbons (Fsp3) is 0.667. The van der Waals surface area contributed by atoms with Gasteiger partial charge in [-0.2, -0.15) is 0 Å². The predicted molar refractivity (Wildman–Crippen MR) is 37.9 cm³/mol. The number of hydrogen-bond acceptors (Lipinski definition) is 0. The Balaban J connectivity index is 2.80. The van der Waals surface area contributed by atoms with E-state index in [0.29, 0.717) is 0 Å². The van der Waals surface area contributed by atoms with Crippen molar-refractivity contribution in [2.45, 2.75) is 26.2 Å². The lowest BCUT2D eigenvalue weighted by molar-refractivity contribution is 0.483. The molecule has 0 saturated carbocycles. The quantitative estimate of drug-likeness (QED) is 0.401. The van der Waals surface area contributed by atoms with Crippen molar-refractivity contribution < 1.29 is 4.80 Å². The van der Waals surface area contributed by atoms with Crippen molar-refractivity contribution in [3.05, 3.63) is 11.8 Å². The summed E-state index contributed by atoms with van der Waals surface area (Å²) in [4.78, 5) is 9.95. The van der Waals surface area contributed by atoms with Gasteiger partial charge in [0.2, 0.25) is 9.76 Å². The maximum Gasteiger partial charge on any atom is 0.230 e. The van der Waals surface area contributed by atoms with Gasteiger partial charge in [-0.05, 0) is 6.42 Å². The molecule has 2 heteroatoms. The Kier molecular flexibility index (Phi) is 6.85. The van der Waals surface area contributed by atoms with Crippen LogP contribution in [0.3, 0.4) is 0 Å². The highest BCUT2D eigenvalue weighted by atomic mass is 28.2. The molecule has 0 aliphatic heterocycles. The van der Waals surface area contributed by atoms with E-state index in [2.05, 4.69) is 6.92 Å². The molecule has 8 heavy (non-hydrogen) atoms. The van der Waals surface area contributed by atoms with Crippen LogP contribution in [-0.4, -0.2) is 9.76 Å². The molecule has 0 fully saturated rings. The van der Waals surface area contributed by atoms with Gasteiger partial charge in [0.15, 0.2) is 0 Å². The molecule has 0 aromatic carbocycles. The van der Waals surface area contributed by atoms with Crippen molar-refractivity contribution in [1.29, 1.82) is 0 Å². The Morgan fingerprint density at radius 1 is 1.62 bits per heavy atom. The van der Waals surface area contributed by atoms with E-state index in [9.17, 15) is 4.80 Å². The number of rotatable bonds is 4. The van der Waals surface area contributed by atoms with Crippen LogP contribution in [0.4, 0.5) is 0 Å². The van der Waals surface area contributed by atoms with E-state index in [4.69, 9.17) is 0 Å². The van der Waals surface area contributed by atoms with E-state index < -0.39 is 9.76 Å². The third-order valence-corrected chi connectivity index (χ3v) is 1.51. The molecule has 0 heterocycles. The predicted octanol–water partition coefficient (Wildman–Crippen LogP) is 1.20. The van der Waals surface area contributed by atoms with Gasteiger partial charge in [-0.15, -0.1) is 0 Å². The van der Waals surface area contributed by atoms with Crippen LogP contribution in [0.25, 0.3) is 0 Å². The second-order valence-corrected chi connectivity index (χ2v) is 2.59. The fourth-order valence-corrected chi connectivity index (χ4v) is 0.880. The minimum Gasteiger partial charge on any atom is -0.301 e. The topological polar surface area (TPSA) is 19.9 Å². The van der Waals surface area contributed by atoms with Gasteiger partial charge in [0.05, 0.1) is 0 Å². The summed E-state index contributed by atoms with van der Waals surface area (Å²) in [7, 11) is -1.04. The molecule has 1 radical (unpaired) electrons. The van der Waals surface area contributed by atoms with Gasteiger partial charge in [0, 0.05) is 0 Å². The van der Waals surface area contributed by atoms with Crippen LogP contribution < -0.4 is 0 Å². The number of unbranched alkanes of at least 4 members (excludes halogenated alkanes) is 2. The average Bonchev–Trinajstić information content (AvgIpc) is 1.81. The van der Waals surface area contributed by atoms with Crippen molar-refractivity contribution in [3.63, 3.8) is 0 Å². The molecule has 47 valence electrons. The Morgan fingerprint density at radius 3 is 2.88 bits per heavy atom. The molecule has 0 unspecified atom stereocenters. The first-order valence-corrected chi connectivity index (χ1v) is 4.54. The fourth-order valence-electron chi connectivity index (χ4n) is 0.508. The summed E-state index contributed by atoms with van der Waals surface area (Å²) in [6, 6.07) is 0. The summed E-state index contributed by atoms with van der Waals surface area (Å²) in [5, 5.41) is 0. The van der Waals surface area contributed by atoms with Gasteiger partial charge in [0.25, 0.3) is 0 Å². The number of allylic oxidation sites excluding steroid dienone is 1. The maximum absolute atomic E-state index is 9.95. The van der Waals surface area contributed by atoms with E-state index in [-0.39, 0.29) is 0 Å². The van der Waals surface area contributed by atoms with Gasteiger partial charge in [-0.1, -0.05) is 31.5 Å². The molecule has 0 amide bonds. The van der Waals surface area contributed by atoms with Crippen LogP contribution in [0.1, 0.15) is 26.2 Å². The summed E-state index contributed by atoms with van der Waals surface area (Å²) in [5.74, 6) is 0. The monoisotopic (exact) mass is 129 g/mol. The lowest BCUT2D eigenvalue weighted by Gasteiger charge is -1.84. The van der Waals surface area contributed by atoms with Gasteiger partial charge in [-0.3, -0.25) is 0 Å². The highest BCUT2D eigenvalue weighted by Crippen LogP contribution is 1.93. The first-order chi connectivity index (χ1) is 3.91. The zero-order chi connectivity index (χ0) is 6.24. The zero-order valence-corrected chi connectivity index (χ0v) is 6.81. The first-order valence-electron chi connectivity index (χ1n) is 3.15. The van der Waals surface area contributed by atoms with Crippen molar-refractivity contribution in [3.8, 4) is 0 Å². The standard InChI is InChI=1S/C6H13OSi/c1-2-3-4-5-6-8-7/h5-6H,2-4,8H2,1H3. The molecule has 0 saturated heterocycles. The molecule has 0 rings (SSSR count). The molecule has 0 N–H and O–H groups in total.